The molecule has 1 N–H and O–H groups in total. The van der Waals surface area contributed by atoms with E-state index in [2.05, 4.69) is 12.2 Å². The fourth-order valence-electron chi connectivity index (χ4n) is 2.96. The first-order valence-corrected chi connectivity index (χ1v) is 9.21. The summed E-state index contributed by atoms with van der Waals surface area (Å²) in [5.41, 5.74) is 2.83. The van der Waals surface area contributed by atoms with Gasteiger partial charge in [0.25, 0.3) is 5.56 Å². The first kappa shape index (κ1) is 19.4. The van der Waals surface area contributed by atoms with E-state index in [0.717, 1.165) is 27.7 Å². The molecule has 0 aliphatic carbocycles. The van der Waals surface area contributed by atoms with Gasteiger partial charge in [0.2, 0.25) is 5.91 Å². The number of benzene rings is 2. The molecule has 0 fully saturated rings. The van der Waals surface area contributed by atoms with Crippen LogP contribution in [0.5, 0.6) is 0 Å². The molecule has 6 nitrogen and oxygen atoms in total. The molecule has 0 saturated heterocycles. The summed E-state index contributed by atoms with van der Waals surface area (Å²) < 4.78 is 2.39. The van der Waals surface area contributed by atoms with Gasteiger partial charge in [0.15, 0.2) is 0 Å². The number of carbonyl (C=O) groups excluding carboxylic acids is 1. The lowest BCUT2D eigenvalue weighted by Crippen LogP contribution is -2.41. The van der Waals surface area contributed by atoms with Gasteiger partial charge >= 0.3 is 5.69 Å². The zero-order valence-corrected chi connectivity index (χ0v) is 16.0. The lowest BCUT2D eigenvalue weighted by atomic mass is 10.1. The zero-order valence-electron chi connectivity index (χ0n) is 16.0. The van der Waals surface area contributed by atoms with Crippen molar-refractivity contribution in [1.82, 2.24) is 9.13 Å². The van der Waals surface area contributed by atoms with Crippen LogP contribution in [0.1, 0.15) is 23.6 Å². The van der Waals surface area contributed by atoms with E-state index in [1.807, 2.05) is 43.3 Å². The molecule has 1 aromatic heterocycles. The fourth-order valence-corrected chi connectivity index (χ4v) is 2.96. The minimum atomic E-state index is -0.507. The van der Waals surface area contributed by atoms with Crippen molar-refractivity contribution >= 4 is 11.6 Å². The van der Waals surface area contributed by atoms with Crippen molar-refractivity contribution in [2.75, 3.05) is 5.32 Å². The summed E-state index contributed by atoms with van der Waals surface area (Å²) in [6.07, 6.45) is 2.38. The first-order chi connectivity index (χ1) is 13.5. The van der Waals surface area contributed by atoms with Crippen LogP contribution < -0.4 is 16.6 Å². The van der Waals surface area contributed by atoms with Crippen molar-refractivity contribution in [1.29, 1.82) is 0 Å². The predicted octanol–water partition coefficient (Wildman–Crippen LogP) is 2.57. The number of aryl methyl sites for hydroxylation is 2. The number of rotatable bonds is 6. The molecule has 0 atom stereocenters. The number of nitrogens with one attached hydrogen (secondary N) is 1. The van der Waals surface area contributed by atoms with Crippen LogP contribution in [0, 0.1) is 6.92 Å². The van der Waals surface area contributed by atoms with Crippen LogP contribution in [-0.4, -0.2) is 15.0 Å². The highest BCUT2D eigenvalue weighted by molar-refractivity contribution is 5.90. The third-order valence-electron chi connectivity index (χ3n) is 4.69. The van der Waals surface area contributed by atoms with E-state index >= 15 is 0 Å². The summed E-state index contributed by atoms with van der Waals surface area (Å²) in [7, 11) is 0. The van der Waals surface area contributed by atoms with Crippen molar-refractivity contribution in [2.45, 2.75) is 33.4 Å². The second-order valence-electron chi connectivity index (χ2n) is 6.68. The maximum Gasteiger partial charge on any atom is 0.331 e. The van der Waals surface area contributed by atoms with E-state index in [1.54, 1.807) is 12.1 Å². The SMILES string of the molecule is CCc1ccc(NC(=O)Cn2c(=O)ccn(Cc3ccccc3C)c2=O)cc1. The standard InChI is InChI=1S/C22H23N3O3/c1-3-17-8-10-19(11-9-17)23-20(26)15-25-21(27)12-13-24(22(25)28)14-18-7-5-4-6-16(18)2/h4-13H,3,14-15H2,1-2H3,(H,23,26). The van der Waals surface area contributed by atoms with Crippen molar-refractivity contribution in [3.05, 3.63) is 98.3 Å². The zero-order chi connectivity index (χ0) is 20.1. The topological polar surface area (TPSA) is 73.1 Å². The summed E-state index contributed by atoms with van der Waals surface area (Å²) in [6, 6.07) is 16.5. The number of hydrogen-bond donors (Lipinski definition) is 1. The Hall–Kier alpha value is -3.41. The average Bonchev–Trinajstić information content (AvgIpc) is 2.69. The lowest BCUT2D eigenvalue weighted by molar-refractivity contribution is -0.116. The van der Waals surface area contributed by atoms with Crippen LogP contribution in [0.25, 0.3) is 0 Å². The van der Waals surface area contributed by atoms with E-state index < -0.39 is 17.2 Å². The summed E-state index contributed by atoms with van der Waals surface area (Å²) in [4.78, 5) is 37.2. The molecule has 0 bridgehead atoms. The number of amides is 1. The highest BCUT2D eigenvalue weighted by Crippen LogP contribution is 2.10. The van der Waals surface area contributed by atoms with Gasteiger partial charge in [-0.25, -0.2) is 4.79 Å². The normalized spacial score (nSPS) is 10.6. The van der Waals surface area contributed by atoms with Crippen LogP contribution in [0.2, 0.25) is 0 Å². The van der Waals surface area contributed by atoms with E-state index in [1.165, 1.54) is 16.8 Å². The van der Waals surface area contributed by atoms with Gasteiger partial charge in [0, 0.05) is 18.0 Å². The van der Waals surface area contributed by atoms with E-state index in [-0.39, 0.29) is 6.54 Å². The van der Waals surface area contributed by atoms with Crippen LogP contribution in [-0.2, 0) is 24.3 Å². The molecule has 0 saturated carbocycles. The molecule has 0 aliphatic rings. The lowest BCUT2D eigenvalue weighted by Gasteiger charge is -2.12. The van der Waals surface area contributed by atoms with Gasteiger partial charge in [-0.05, 0) is 42.2 Å². The van der Waals surface area contributed by atoms with Crippen LogP contribution in [0.4, 0.5) is 5.69 Å². The Balaban J connectivity index is 1.79. The average molecular weight is 377 g/mol. The van der Waals surface area contributed by atoms with Gasteiger partial charge in [0.1, 0.15) is 6.54 Å². The molecule has 1 amide bonds. The minimum Gasteiger partial charge on any atom is -0.325 e. The Morgan fingerprint density at radius 3 is 2.39 bits per heavy atom. The van der Waals surface area contributed by atoms with E-state index in [0.29, 0.717) is 12.2 Å². The smallest absolute Gasteiger partial charge is 0.325 e. The predicted molar refractivity (Wildman–Crippen MR) is 110 cm³/mol. The van der Waals surface area contributed by atoms with Gasteiger partial charge in [-0.1, -0.05) is 43.3 Å². The van der Waals surface area contributed by atoms with Crippen LogP contribution in [0.15, 0.2) is 70.4 Å². The van der Waals surface area contributed by atoms with Gasteiger partial charge in [-0.2, -0.15) is 0 Å². The highest BCUT2D eigenvalue weighted by atomic mass is 16.2. The number of nitrogens with zero attached hydrogens (tertiary/aromatic N) is 2. The third-order valence-corrected chi connectivity index (χ3v) is 4.69. The summed E-state index contributed by atoms with van der Waals surface area (Å²) in [5, 5.41) is 2.73. The maximum absolute atomic E-state index is 12.7. The fraction of sp³-hybridized carbons (Fsp3) is 0.227. The molecule has 0 aliphatic heterocycles. The molecular weight excluding hydrogens is 354 g/mol. The second kappa shape index (κ2) is 8.52. The van der Waals surface area contributed by atoms with Crippen molar-refractivity contribution in [3.63, 3.8) is 0 Å². The quantitative estimate of drug-likeness (QED) is 0.718. The molecule has 2 aromatic carbocycles. The molecule has 28 heavy (non-hydrogen) atoms. The summed E-state index contributed by atoms with van der Waals surface area (Å²) in [6.45, 7) is 4.03. The van der Waals surface area contributed by atoms with Crippen LogP contribution in [0.3, 0.4) is 0 Å². The van der Waals surface area contributed by atoms with Crippen LogP contribution >= 0.6 is 0 Å². The number of hydrogen-bond acceptors (Lipinski definition) is 3. The molecule has 0 unspecified atom stereocenters. The second-order valence-corrected chi connectivity index (χ2v) is 6.68. The van der Waals surface area contributed by atoms with E-state index in [9.17, 15) is 14.4 Å². The Morgan fingerprint density at radius 2 is 1.71 bits per heavy atom. The molecule has 3 rings (SSSR count). The molecule has 144 valence electrons. The minimum absolute atomic E-state index is 0.332. The summed E-state index contributed by atoms with van der Waals surface area (Å²) in [5.74, 6) is -0.419. The van der Waals surface area contributed by atoms with Gasteiger partial charge in [-0.15, -0.1) is 0 Å². The van der Waals surface area contributed by atoms with Gasteiger partial charge < -0.3 is 5.32 Å². The maximum atomic E-state index is 12.7. The molecular formula is C22H23N3O3. The molecule has 6 heteroatoms. The third kappa shape index (κ3) is 4.46. The van der Waals surface area contributed by atoms with Gasteiger partial charge in [0.05, 0.1) is 6.54 Å². The molecule has 1 heterocycles. The Labute approximate surface area is 163 Å². The molecule has 3 aromatic rings. The van der Waals surface area contributed by atoms with Crippen molar-refractivity contribution in [2.24, 2.45) is 0 Å². The number of aromatic nitrogens is 2. The van der Waals surface area contributed by atoms with E-state index in [4.69, 9.17) is 0 Å². The molecule has 0 spiro atoms. The first-order valence-electron chi connectivity index (χ1n) is 9.21. The largest absolute Gasteiger partial charge is 0.331 e. The van der Waals surface area contributed by atoms with Crippen molar-refractivity contribution < 1.29 is 4.79 Å². The Kier molecular flexibility index (Phi) is 5.89. The van der Waals surface area contributed by atoms with Crippen molar-refractivity contribution in [3.8, 4) is 0 Å². The monoisotopic (exact) mass is 377 g/mol. The Bertz CT molecular complexity index is 1100. The summed E-state index contributed by atoms with van der Waals surface area (Å²) >= 11 is 0. The Morgan fingerprint density at radius 1 is 1.00 bits per heavy atom. The molecule has 0 radical (unpaired) electrons. The number of carbonyl (C=O) groups is 1. The highest BCUT2D eigenvalue weighted by Gasteiger charge is 2.11. The van der Waals surface area contributed by atoms with Gasteiger partial charge in [-0.3, -0.25) is 18.7 Å². The number of anilines is 1.